The minimum Gasteiger partial charge on any atom is -0.371 e. The van der Waals surface area contributed by atoms with Crippen LogP contribution in [0, 0.1) is 5.92 Å². The van der Waals surface area contributed by atoms with Gasteiger partial charge in [-0.05, 0) is 78.2 Å². The Labute approximate surface area is 203 Å². The molecule has 1 fully saturated rings. The Balaban J connectivity index is 1.27. The Hall–Kier alpha value is -2.98. The van der Waals surface area contributed by atoms with Gasteiger partial charge in [-0.3, -0.25) is 0 Å². The Morgan fingerprint density at radius 1 is 1.06 bits per heavy atom. The smallest absolute Gasteiger partial charge is 0.110 e. The van der Waals surface area contributed by atoms with Crippen LogP contribution in [0.25, 0.3) is 16.6 Å². The topological polar surface area (TPSA) is 36.0 Å². The van der Waals surface area contributed by atoms with Crippen LogP contribution in [0.5, 0.6) is 0 Å². The first-order valence-electron chi connectivity index (χ1n) is 12.7. The molecule has 1 saturated heterocycles. The summed E-state index contributed by atoms with van der Waals surface area (Å²) < 4.78 is 2.25. The summed E-state index contributed by atoms with van der Waals surface area (Å²) in [7, 11) is 2.33. The van der Waals surface area contributed by atoms with Crippen LogP contribution in [-0.2, 0) is 11.8 Å². The molecular weight excluding hydrogens is 416 g/mol. The van der Waals surface area contributed by atoms with Crippen LogP contribution in [0.1, 0.15) is 49.8 Å². The summed E-state index contributed by atoms with van der Waals surface area (Å²) in [4.78, 5) is 6.23. The van der Waals surface area contributed by atoms with Gasteiger partial charge in [0.05, 0.1) is 0 Å². The van der Waals surface area contributed by atoms with Gasteiger partial charge in [0.1, 0.15) is 5.82 Å². The summed E-state index contributed by atoms with van der Waals surface area (Å²) in [6.45, 7) is 9.11. The largest absolute Gasteiger partial charge is 0.371 e. The highest BCUT2D eigenvalue weighted by Crippen LogP contribution is 2.46. The highest BCUT2D eigenvalue weighted by atomic mass is 15.2. The molecule has 34 heavy (non-hydrogen) atoms. The third-order valence-electron chi connectivity index (χ3n) is 8.11. The molecule has 2 aliphatic rings. The maximum absolute atomic E-state index is 3.78. The molecule has 1 unspecified atom stereocenters. The number of likely N-dealkylation sites (N-methyl/N-ethyl adjacent to an activating group) is 1. The van der Waals surface area contributed by atoms with Gasteiger partial charge < -0.3 is 19.8 Å². The summed E-state index contributed by atoms with van der Waals surface area (Å²) in [6, 6.07) is 20.4. The lowest BCUT2D eigenvalue weighted by Crippen LogP contribution is -2.49. The maximum atomic E-state index is 3.78. The summed E-state index contributed by atoms with van der Waals surface area (Å²) in [5.41, 5.74) is 7.17. The Morgan fingerprint density at radius 3 is 2.68 bits per heavy atom. The average molecular weight is 453 g/mol. The first-order valence-corrected chi connectivity index (χ1v) is 12.7. The summed E-state index contributed by atoms with van der Waals surface area (Å²) in [5, 5.41) is 5.28. The average Bonchev–Trinajstić information content (AvgIpc) is 3.46. The van der Waals surface area contributed by atoms with E-state index in [-0.39, 0.29) is 5.41 Å². The van der Waals surface area contributed by atoms with Crippen molar-refractivity contribution in [3.8, 4) is 5.69 Å². The molecule has 1 aliphatic carbocycles. The lowest BCUT2D eigenvalue weighted by Gasteiger charge is -2.46. The molecule has 0 amide bonds. The van der Waals surface area contributed by atoms with Crippen LogP contribution in [0.4, 0.5) is 5.82 Å². The van der Waals surface area contributed by atoms with Gasteiger partial charge in [0.15, 0.2) is 0 Å². The van der Waals surface area contributed by atoms with Crippen molar-refractivity contribution in [3.63, 3.8) is 0 Å². The van der Waals surface area contributed by atoms with Gasteiger partial charge >= 0.3 is 0 Å². The van der Waals surface area contributed by atoms with Crippen molar-refractivity contribution in [1.29, 1.82) is 0 Å². The molecular formula is C30H36N4. The molecule has 176 valence electrons. The fourth-order valence-electron chi connectivity index (χ4n) is 6.29. The lowest BCUT2D eigenvalue weighted by atomic mass is 9.71. The second-order valence-corrected chi connectivity index (χ2v) is 11.5. The van der Waals surface area contributed by atoms with Crippen LogP contribution < -0.4 is 5.32 Å². The Kier molecular flexibility index (Phi) is 5.11. The SMILES string of the molecule is CN1C[C@H](CNc2cccn2-c2ccccc2)CC2c3cc(C(C)(C)C)cc4[nH]cc(c34)C[C@H]21. The highest BCUT2D eigenvalue weighted by Gasteiger charge is 2.40. The number of benzene rings is 2. The number of para-hydroxylation sites is 1. The molecule has 4 heteroatoms. The van der Waals surface area contributed by atoms with E-state index in [0.717, 1.165) is 19.5 Å². The quantitative estimate of drug-likeness (QED) is 0.380. The molecule has 0 spiro atoms. The summed E-state index contributed by atoms with van der Waals surface area (Å²) in [5.74, 6) is 2.36. The van der Waals surface area contributed by atoms with Gasteiger partial charge in [0.2, 0.25) is 0 Å². The van der Waals surface area contributed by atoms with Crippen molar-refractivity contribution >= 4 is 16.7 Å². The van der Waals surface area contributed by atoms with Crippen LogP contribution >= 0.6 is 0 Å². The zero-order chi connectivity index (χ0) is 23.4. The van der Waals surface area contributed by atoms with Crippen molar-refractivity contribution in [3.05, 3.63) is 83.7 Å². The predicted molar refractivity (Wildman–Crippen MR) is 142 cm³/mol. The van der Waals surface area contributed by atoms with E-state index >= 15 is 0 Å². The predicted octanol–water partition coefficient (Wildman–Crippen LogP) is 6.33. The number of H-pyrrole nitrogens is 1. The van der Waals surface area contributed by atoms with Gasteiger partial charge in [0.25, 0.3) is 0 Å². The first-order chi connectivity index (χ1) is 16.4. The van der Waals surface area contributed by atoms with E-state index < -0.39 is 0 Å². The number of aromatic nitrogens is 2. The molecule has 0 radical (unpaired) electrons. The van der Waals surface area contributed by atoms with Gasteiger partial charge in [0, 0.05) is 54.0 Å². The van der Waals surface area contributed by atoms with Crippen molar-refractivity contribution in [2.75, 3.05) is 25.5 Å². The van der Waals surface area contributed by atoms with Crippen molar-refractivity contribution < 1.29 is 0 Å². The van der Waals surface area contributed by atoms with Gasteiger partial charge in [-0.25, -0.2) is 0 Å². The van der Waals surface area contributed by atoms with Gasteiger partial charge in [-0.15, -0.1) is 0 Å². The van der Waals surface area contributed by atoms with Gasteiger partial charge in [-0.2, -0.15) is 0 Å². The fourth-order valence-corrected chi connectivity index (χ4v) is 6.29. The number of piperidine rings is 1. The molecule has 2 N–H and O–H groups in total. The Morgan fingerprint density at radius 2 is 1.88 bits per heavy atom. The number of anilines is 1. The number of nitrogens with one attached hydrogen (secondary N) is 2. The van der Waals surface area contributed by atoms with E-state index in [4.69, 9.17) is 0 Å². The van der Waals surface area contributed by atoms with Crippen LogP contribution in [0.3, 0.4) is 0 Å². The summed E-state index contributed by atoms with van der Waals surface area (Å²) >= 11 is 0. The molecule has 4 aromatic rings. The second-order valence-electron chi connectivity index (χ2n) is 11.5. The first kappa shape index (κ1) is 21.5. The zero-order valence-corrected chi connectivity index (χ0v) is 20.8. The number of aromatic amines is 1. The lowest BCUT2D eigenvalue weighted by molar-refractivity contribution is 0.117. The molecule has 0 saturated carbocycles. The van der Waals surface area contributed by atoms with Crippen molar-refractivity contribution in [2.24, 2.45) is 5.92 Å². The fraction of sp³-hybridized carbons (Fsp3) is 0.400. The third kappa shape index (κ3) is 3.65. The molecule has 0 bridgehead atoms. The minimum atomic E-state index is 0.146. The second kappa shape index (κ2) is 8.06. The standard InChI is InChI=1S/C30H36N4/c1-30(2,3)22-15-25-24-13-20(17-32-28-11-8-12-34(28)23-9-6-5-7-10-23)19-33(4)27(24)14-21-18-31-26(16-22)29(21)25/h5-12,15-16,18,20,24,27,31-32H,13-14,17,19H2,1-4H3/t20-,24?,27+/m0/s1. The van der Waals surface area contributed by atoms with E-state index in [2.05, 4.69) is 115 Å². The minimum absolute atomic E-state index is 0.146. The molecule has 4 nitrogen and oxygen atoms in total. The molecule has 6 rings (SSSR count). The van der Waals surface area contributed by atoms with Crippen LogP contribution in [0.2, 0.25) is 0 Å². The van der Waals surface area contributed by atoms with Crippen molar-refractivity contribution in [2.45, 2.75) is 51.0 Å². The van der Waals surface area contributed by atoms with Gasteiger partial charge in [-0.1, -0.05) is 45.0 Å². The van der Waals surface area contributed by atoms with Crippen molar-refractivity contribution in [1.82, 2.24) is 14.5 Å². The van der Waals surface area contributed by atoms with E-state index in [0.29, 0.717) is 17.9 Å². The third-order valence-corrected chi connectivity index (χ3v) is 8.11. The molecule has 3 heterocycles. The maximum Gasteiger partial charge on any atom is 0.110 e. The van der Waals surface area contributed by atoms with E-state index in [1.807, 2.05) is 0 Å². The Bertz CT molecular complexity index is 1310. The van der Waals surface area contributed by atoms with E-state index in [9.17, 15) is 0 Å². The molecule has 2 aromatic heterocycles. The number of nitrogens with zero attached hydrogens (tertiary/aromatic N) is 2. The molecule has 2 aromatic carbocycles. The number of fused-ring (bicyclic) bond motifs is 2. The molecule has 3 atom stereocenters. The van der Waals surface area contributed by atoms with E-state index in [1.54, 1.807) is 5.56 Å². The van der Waals surface area contributed by atoms with E-state index in [1.165, 1.54) is 40.0 Å². The number of likely N-dealkylation sites (tertiary alicyclic amines) is 1. The number of hydrogen-bond donors (Lipinski definition) is 2. The van der Waals surface area contributed by atoms with Crippen LogP contribution in [-0.4, -0.2) is 40.6 Å². The molecule has 1 aliphatic heterocycles. The monoisotopic (exact) mass is 452 g/mol. The van der Waals surface area contributed by atoms with Crippen LogP contribution in [0.15, 0.2) is 67.0 Å². The zero-order valence-electron chi connectivity index (χ0n) is 20.8. The highest BCUT2D eigenvalue weighted by molar-refractivity contribution is 5.89. The number of rotatable bonds is 4. The summed E-state index contributed by atoms with van der Waals surface area (Å²) in [6.07, 6.45) is 6.79. The normalized spacial score (nSPS) is 22.6. The number of hydrogen-bond acceptors (Lipinski definition) is 2.